The van der Waals surface area contributed by atoms with Crippen molar-refractivity contribution < 1.29 is 13.2 Å². The Hall–Kier alpha value is -3.30. The number of nitrogens with zero attached hydrogens (tertiary/aromatic N) is 5. The van der Waals surface area contributed by atoms with Gasteiger partial charge < -0.3 is 4.90 Å². The summed E-state index contributed by atoms with van der Waals surface area (Å²) in [4.78, 5) is 14.5. The first-order chi connectivity index (χ1) is 15.8. The maximum Gasteiger partial charge on any atom is 0.246 e. The van der Waals surface area contributed by atoms with Crippen molar-refractivity contribution >= 4 is 22.0 Å². The molecule has 0 spiro atoms. The molecule has 0 atom stereocenters. The SMILES string of the molecule is Cc1ccc(S(=O)(=O)N2CCN(C(=O)/C=C/c3cn(Cc4ccccc4)nn3)CC2)cc1C. The van der Waals surface area contributed by atoms with E-state index in [-0.39, 0.29) is 19.0 Å². The Labute approximate surface area is 194 Å². The number of hydrogen-bond acceptors (Lipinski definition) is 5. The summed E-state index contributed by atoms with van der Waals surface area (Å²) in [6, 6.07) is 15.1. The molecule has 4 rings (SSSR count). The molecule has 0 aliphatic carbocycles. The van der Waals surface area contributed by atoms with Crippen molar-refractivity contribution in [2.45, 2.75) is 25.3 Å². The number of carbonyl (C=O) groups is 1. The Bertz CT molecular complexity index is 1260. The van der Waals surface area contributed by atoms with Crippen molar-refractivity contribution in [3.63, 3.8) is 0 Å². The molecule has 172 valence electrons. The molecule has 2 aromatic carbocycles. The molecule has 1 saturated heterocycles. The first-order valence-electron chi connectivity index (χ1n) is 10.8. The molecule has 3 aromatic rings. The molecule has 0 N–H and O–H groups in total. The van der Waals surface area contributed by atoms with Crippen LogP contribution in [0, 0.1) is 13.8 Å². The Balaban J connectivity index is 1.33. The fraction of sp³-hybridized carbons (Fsp3) is 0.292. The third-order valence-electron chi connectivity index (χ3n) is 5.81. The molecular formula is C24H27N5O3S. The van der Waals surface area contributed by atoms with E-state index in [4.69, 9.17) is 0 Å². The van der Waals surface area contributed by atoms with E-state index < -0.39 is 10.0 Å². The molecule has 1 aliphatic rings. The summed E-state index contributed by atoms with van der Waals surface area (Å²) >= 11 is 0. The van der Waals surface area contributed by atoms with E-state index >= 15 is 0 Å². The van der Waals surface area contributed by atoms with E-state index in [0.29, 0.717) is 30.2 Å². The minimum absolute atomic E-state index is 0.171. The Kier molecular flexibility index (Phi) is 6.71. The average Bonchev–Trinajstić information content (AvgIpc) is 3.27. The van der Waals surface area contributed by atoms with Crippen molar-refractivity contribution in [2.24, 2.45) is 0 Å². The predicted octanol–water partition coefficient (Wildman–Crippen LogP) is 2.49. The highest BCUT2D eigenvalue weighted by molar-refractivity contribution is 7.89. The molecule has 1 fully saturated rings. The molecule has 8 nitrogen and oxygen atoms in total. The molecular weight excluding hydrogens is 438 g/mol. The van der Waals surface area contributed by atoms with E-state index in [9.17, 15) is 13.2 Å². The summed E-state index contributed by atoms with van der Waals surface area (Å²) in [6.07, 6.45) is 4.88. The monoisotopic (exact) mass is 465 g/mol. The Morgan fingerprint density at radius 2 is 1.73 bits per heavy atom. The fourth-order valence-corrected chi connectivity index (χ4v) is 5.18. The highest BCUT2D eigenvalue weighted by Crippen LogP contribution is 2.20. The molecule has 9 heteroatoms. The van der Waals surface area contributed by atoms with E-state index in [0.717, 1.165) is 16.7 Å². The number of aromatic nitrogens is 3. The van der Waals surface area contributed by atoms with Gasteiger partial charge in [-0.25, -0.2) is 13.1 Å². The van der Waals surface area contributed by atoms with Crippen molar-refractivity contribution in [2.75, 3.05) is 26.2 Å². The van der Waals surface area contributed by atoms with Gasteiger partial charge in [0.25, 0.3) is 0 Å². The largest absolute Gasteiger partial charge is 0.337 e. The quantitative estimate of drug-likeness (QED) is 0.522. The molecule has 0 unspecified atom stereocenters. The highest BCUT2D eigenvalue weighted by atomic mass is 32.2. The van der Waals surface area contributed by atoms with Crippen molar-refractivity contribution in [1.82, 2.24) is 24.2 Å². The van der Waals surface area contributed by atoms with Crippen LogP contribution in [0.25, 0.3) is 6.08 Å². The van der Waals surface area contributed by atoms with Crippen LogP contribution >= 0.6 is 0 Å². The van der Waals surface area contributed by atoms with Crippen LogP contribution in [0.3, 0.4) is 0 Å². The number of amides is 1. The van der Waals surface area contributed by atoms with Gasteiger partial charge in [-0.1, -0.05) is 41.6 Å². The van der Waals surface area contributed by atoms with Gasteiger partial charge in [-0.3, -0.25) is 4.79 Å². The molecule has 33 heavy (non-hydrogen) atoms. The summed E-state index contributed by atoms with van der Waals surface area (Å²) < 4.78 is 29.1. The van der Waals surface area contributed by atoms with Gasteiger partial charge in [0.1, 0.15) is 5.69 Å². The van der Waals surface area contributed by atoms with Crippen LogP contribution in [-0.4, -0.2) is 64.7 Å². The summed E-state index contributed by atoms with van der Waals surface area (Å²) in [5.41, 5.74) is 3.70. The smallest absolute Gasteiger partial charge is 0.246 e. The second-order valence-corrected chi connectivity index (χ2v) is 10.1. The summed E-state index contributed by atoms with van der Waals surface area (Å²) in [5.74, 6) is -0.171. The van der Waals surface area contributed by atoms with Gasteiger partial charge in [-0.2, -0.15) is 4.31 Å². The molecule has 0 bridgehead atoms. The van der Waals surface area contributed by atoms with E-state index in [1.54, 1.807) is 34.0 Å². The van der Waals surface area contributed by atoms with Crippen LogP contribution in [0.5, 0.6) is 0 Å². The molecule has 1 amide bonds. The van der Waals surface area contributed by atoms with Gasteiger partial charge in [0.2, 0.25) is 15.9 Å². The van der Waals surface area contributed by atoms with E-state index in [2.05, 4.69) is 10.3 Å². The first kappa shape index (κ1) is 22.9. The van der Waals surface area contributed by atoms with Crippen molar-refractivity contribution in [3.05, 3.63) is 83.2 Å². The standard InChI is InChI=1S/C24H27N5O3S/c1-19-8-10-23(16-20(19)2)33(31,32)29-14-12-27(13-15-29)24(30)11-9-22-18-28(26-25-22)17-21-6-4-3-5-7-21/h3-11,16,18H,12-15,17H2,1-2H3/b11-9+. The first-order valence-corrected chi connectivity index (χ1v) is 12.3. The lowest BCUT2D eigenvalue weighted by molar-refractivity contribution is -0.127. The van der Waals surface area contributed by atoms with Gasteiger partial charge in [-0.05, 0) is 48.7 Å². The van der Waals surface area contributed by atoms with E-state index in [1.807, 2.05) is 50.2 Å². The van der Waals surface area contributed by atoms with Crippen molar-refractivity contribution in [1.29, 1.82) is 0 Å². The lowest BCUT2D eigenvalue weighted by atomic mass is 10.1. The van der Waals surface area contributed by atoms with Gasteiger partial charge in [-0.15, -0.1) is 5.10 Å². The number of rotatable bonds is 6. The van der Waals surface area contributed by atoms with Gasteiger partial charge >= 0.3 is 0 Å². The predicted molar refractivity (Wildman–Crippen MR) is 126 cm³/mol. The maximum absolute atomic E-state index is 13.0. The zero-order valence-corrected chi connectivity index (χ0v) is 19.6. The zero-order chi connectivity index (χ0) is 23.4. The second-order valence-electron chi connectivity index (χ2n) is 8.14. The van der Waals surface area contributed by atoms with Gasteiger partial charge in [0.05, 0.1) is 17.6 Å². The molecule has 1 aliphatic heterocycles. The highest BCUT2D eigenvalue weighted by Gasteiger charge is 2.29. The number of hydrogen-bond donors (Lipinski definition) is 0. The molecule has 2 heterocycles. The van der Waals surface area contributed by atoms with Crippen LogP contribution in [0.15, 0.2) is 65.7 Å². The number of sulfonamides is 1. The summed E-state index contributed by atoms with van der Waals surface area (Å²) in [5, 5.41) is 8.18. The van der Waals surface area contributed by atoms with Crippen molar-refractivity contribution in [3.8, 4) is 0 Å². The normalized spacial score (nSPS) is 15.3. The Morgan fingerprint density at radius 1 is 1.00 bits per heavy atom. The van der Waals surface area contributed by atoms with Gasteiger partial charge in [0, 0.05) is 32.3 Å². The minimum Gasteiger partial charge on any atom is -0.337 e. The van der Waals surface area contributed by atoms with Crippen LogP contribution < -0.4 is 0 Å². The topological polar surface area (TPSA) is 88.4 Å². The summed E-state index contributed by atoms with van der Waals surface area (Å²) in [7, 11) is -3.57. The van der Waals surface area contributed by atoms with Crippen LogP contribution in [0.2, 0.25) is 0 Å². The molecule has 1 aromatic heterocycles. The van der Waals surface area contributed by atoms with Crippen LogP contribution in [0.4, 0.5) is 0 Å². The third-order valence-corrected chi connectivity index (χ3v) is 7.70. The fourth-order valence-electron chi connectivity index (χ4n) is 3.67. The second kappa shape index (κ2) is 9.68. The minimum atomic E-state index is -3.57. The number of carbonyl (C=O) groups excluding carboxylic acids is 1. The molecule has 0 saturated carbocycles. The van der Waals surface area contributed by atoms with Crippen LogP contribution in [-0.2, 0) is 21.4 Å². The van der Waals surface area contributed by atoms with Gasteiger partial charge in [0.15, 0.2) is 0 Å². The van der Waals surface area contributed by atoms with E-state index in [1.165, 1.54) is 10.4 Å². The number of aryl methyl sites for hydroxylation is 2. The lowest BCUT2D eigenvalue weighted by Gasteiger charge is -2.33. The zero-order valence-electron chi connectivity index (χ0n) is 18.8. The Morgan fingerprint density at radius 3 is 2.42 bits per heavy atom. The number of piperazine rings is 1. The lowest BCUT2D eigenvalue weighted by Crippen LogP contribution is -2.50. The third kappa shape index (κ3) is 5.37. The molecule has 0 radical (unpaired) electrons. The average molecular weight is 466 g/mol. The number of benzene rings is 2. The maximum atomic E-state index is 13.0. The summed E-state index contributed by atoms with van der Waals surface area (Å²) in [6.45, 7) is 5.67. The van der Waals surface area contributed by atoms with Crippen LogP contribution in [0.1, 0.15) is 22.4 Å².